The van der Waals surface area contributed by atoms with E-state index in [4.69, 9.17) is 21.1 Å². The van der Waals surface area contributed by atoms with Crippen molar-refractivity contribution in [2.75, 3.05) is 24.6 Å². The number of carbonyl (C=O) groups excluding carboxylic acids is 4. The summed E-state index contributed by atoms with van der Waals surface area (Å²) in [6, 6.07) is 14.5. The van der Waals surface area contributed by atoms with Crippen LogP contribution in [0.15, 0.2) is 78.9 Å². The molecule has 2 saturated heterocycles. The zero-order valence-electron chi connectivity index (χ0n) is 25.6. The molecule has 11 heteroatoms. The Balaban J connectivity index is 1.44. The van der Waals surface area contributed by atoms with Crippen LogP contribution in [0.1, 0.15) is 44.3 Å². The highest BCUT2D eigenvalue weighted by Gasteiger charge is 2.73. The van der Waals surface area contributed by atoms with Crippen LogP contribution in [0.3, 0.4) is 0 Å². The molecule has 10 nitrogen and oxygen atoms in total. The topological polar surface area (TPSA) is 125 Å². The average Bonchev–Trinajstić information content (AvgIpc) is 3.69. The van der Waals surface area contributed by atoms with Gasteiger partial charge in [-0.15, -0.1) is 0 Å². The molecule has 0 unspecified atom stereocenters. The molecule has 4 aliphatic rings. The number of hydrogen-bond donors (Lipinski definition) is 2. The zero-order chi connectivity index (χ0) is 32.4. The third kappa shape index (κ3) is 5.74. The molecule has 0 saturated carbocycles. The number of esters is 1. The normalized spacial score (nSPS) is 32.0. The van der Waals surface area contributed by atoms with Crippen LogP contribution >= 0.6 is 11.6 Å². The number of likely N-dealkylation sites (tertiary alicyclic amines) is 1. The quantitative estimate of drug-likeness (QED) is 0.278. The van der Waals surface area contributed by atoms with Crippen LogP contribution in [-0.4, -0.2) is 77.2 Å². The van der Waals surface area contributed by atoms with Crippen molar-refractivity contribution in [1.29, 1.82) is 0 Å². The van der Waals surface area contributed by atoms with Gasteiger partial charge < -0.3 is 29.7 Å². The fourth-order valence-corrected chi connectivity index (χ4v) is 7.43. The van der Waals surface area contributed by atoms with Gasteiger partial charge in [-0.05, 0) is 43.9 Å². The number of nitrogens with one attached hydrogen (secondary N) is 1. The van der Waals surface area contributed by atoms with E-state index < -0.39 is 53.6 Å². The number of amides is 3. The minimum absolute atomic E-state index is 0.0607. The van der Waals surface area contributed by atoms with Gasteiger partial charge in [-0.25, -0.2) is 0 Å². The van der Waals surface area contributed by atoms with Gasteiger partial charge in [0.2, 0.25) is 11.8 Å². The van der Waals surface area contributed by atoms with Gasteiger partial charge in [0.25, 0.3) is 5.91 Å². The highest BCUT2D eigenvalue weighted by Crippen LogP contribution is 2.56. The molecule has 0 aromatic heterocycles. The number of nitrogens with zero attached hydrogens (tertiary/aromatic N) is 2. The largest absolute Gasteiger partial charge is 0.455 e. The molecule has 2 N–H and O–H groups in total. The summed E-state index contributed by atoms with van der Waals surface area (Å²) in [5.41, 5.74) is -0.243. The van der Waals surface area contributed by atoms with Crippen molar-refractivity contribution >= 4 is 41.0 Å². The molecule has 4 heterocycles. The second-order valence-electron chi connectivity index (χ2n) is 12.2. The van der Waals surface area contributed by atoms with Crippen LogP contribution in [0.2, 0.25) is 5.02 Å². The summed E-state index contributed by atoms with van der Waals surface area (Å²) in [5, 5.41) is 12.8. The summed E-state index contributed by atoms with van der Waals surface area (Å²) in [6.45, 7) is 2.05. The van der Waals surface area contributed by atoms with E-state index in [0.717, 1.165) is 0 Å². The highest BCUT2D eigenvalue weighted by atomic mass is 35.5. The van der Waals surface area contributed by atoms with Crippen molar-refractivity contribution in [2.24, 2.45) is 11.8 Å². The first-order chi connectivity index (χ1) is 22.3. The van der Waals surface area contributed by atoms with Crippen molar-refractivity contribution in [3.63, 3.8) is 0 Å². The molecule has 4 aliphatic heterocycles. The number of unbranched alkanes of at least 4 members (excludes halogenated alkanes) is 1. The second-order valence-corrected chi connectivity index (χ2v) is 12.6. The van der Waals surface area contributed by atoms with E-state index in [9.17, 15) is 24.3 Å². The summed E-state index contributed by atoms with van der Waals surface area (Å²) >= 11 is 6.61. The number of halogens is 1. The van der Waals surface area contributed by atoms with Gasteiger partial charge in [0.15, 0.2) is 0 Å². The van der Waals surface area contributed by atoms with E-state index in [1.54, 1.807) is 43.3 Å². The number of anilines is 1. The van der Waals surface area contributed by atoms with Crippen LogP contribution in [0.25, 0.3) is 0 Å². The number of carbonyl (C=O) groups is 4. The smallest absolute Gasteiger partial charge is 0.313 e. The summed E-state index contributed by atoms with van der Waals surface area (Å²) in [4.78, 5) is 59.2. The third-order valence-electron chi connectivity index (χ3n) is 9.30. The molecule has 46 heavy (non-hydrogen) atoms. The van der Waals surface area contributed by atoms with Crippen molar-refractivity contribution in [2.45, 2.75) is 62.5 Å². The lowest BCUT2D eigenvalue weighted by atomic mass is 9.74. The number of para-hydroxylation sites is 1. The standard InChI is InChI=1S/C35H38ClN3O7/c1-22-30(23-12-4-2-5-13-23)45-34(44)28-26-17-18-35(46-26)29(28)32(42)39(20-10-11-21-40)31(35)33(43)38(25-15-8-7-14-24(25)36)19-9-3-6-16-27(41)37-22/h2-5,7-9,12-15,17-18,22,26,28-31,40H,6,10-11,16,19-21H2,1H3,(H,37,41)/b9-3-/t22-,26+,28-,29-,30+,31+,35-/m1/s1. The van der Waals surface area contributed by atoms with Gasteiger partial charge in [0.05, 0.1) is 28.8 Å². The van der Waals surface area contributed by atoms with Gasteiger partial charge >= 0.3 is 5.97 Å². The number of rotatable bonds is 6. The average molecular weight is 648 g/mol. The van der Waals surface area contributed by atoms with Crippen LogP contribution < -0.4 is 10.2 Å². The Morgan fingerprint density at radius 2 is 1.76 bits per heavy atom. The van der Waals surface area contributed by atoms with E-state index >= 15 is 0 Å². The number of cyclic esters (lactones) is 1. The number of benzene rings is 2. The Morgan fingerprint density at radius 3 is 2.52 bits per heavy atom. The van der Waals surface area contributed by atoms with Crippen molar-refractivity contribution in [3.8, 4) is 0 Å². The molecule has 0 aliphatic carbocycles. The van der Waals surface area contributed by atoms with Gasteiger partial charge in [0, 0.05) is 26.1 Å². The first-order valence-corrected chi connectivity index (χ1v) is 16.2. The number of hydrogen-bond acceptors (Lipinski definition) is 7. The maximum atomic E-state index is 14.8. The summed E-state index contributed by atoms with van der Waals surface area (Å²) in [5.74, 6) is -3.64. The van der Waals surface area contributed by atoms with E-state index in [0.29, 0.717) is 35.5 Å². The van der Waals surface area contributed by atoms with Crippen LogP contribution in [0.4, 0.5) is 5.69 Å². The molecule has 3 amide bonds. The van der Waals surface area contributed by atoms with Gasteiger partial charge in [0.1, 0.15) is 23.7 Å². The molecule has 1 spiro atoms. The van der Waals surface area contributed by atoms with Crippen molar-refractivity contribution in [3.05, 3.63) is 89.5 Å². The fourth-order valence-electron chi connectivity index (χ4n) is 7.20. The molecule has 7 atom stereocenters. The number of fused-ring (bicyclic) bond motifs is 2. The lowest BCUT2D eigenvalue weighted by Crippen LogP contribution is -2.56. The van der Waals surface area contributed by atoms with Crippen molar-refractivity contribution in [1.82, 2.24) is 10.2 Å². The van der Waals surface area contributed by atoms with E-state index in [1.807, 2.05) is 42.5 Å². The first kappa shape index (κ1) is 32.0. The lowest BCUT2D eigenvalue weighted by Gasteiger charge is -2.36. The Labute approximate surface area is 273 Å². The predicted molar refractivity (Wildman–Crippen MR) is 171 cm³/mol. The Bertz CT molecular complexity index is 1550. The highest BCUT2D eigenvalue weighted by molar-refractivity contribution is 6.34. The second kappa shape index (κ2) is 13.4. The fraction of sp³-hybridized carbons (Fsp3) is 0.429. The summed E-state index contributed by atoms with van der Waals surface area (Å²) in [6.07, 6.45) is 7.04. The monoisotopic (exact) mass is 647 g/mol. The van der Waals surface area contributed by atoms with E-state index in [-0.39, 0.29) is 37.9 Å². The zero-order valence-corrected chi connectivity index (χ0v) is 26.3. The maximum absolute atomic E-state index is 14.8. The molecular formula is C35H38ClN3O7. The summed E-state index contributed by atoms with van der Waals surface area (Å²) < 4.78 is 12.7. The molecule has 0 radical (unpaired) electrons. The SMILES string of the molecule is C[C@H]1NC(=O)CC/C=C\CN(c2ccccc2Cl)C(=O)[C@@H]2N(CCCCO)C(=O)[C@H]3[C@H](C(=O)O[C@@H]1c1ccccc1)[C@@H]1C=C[C@]23O1. The van der Waals surface area contributed by atoms with E-state index in [1.165, 1.54) is 9.80 Å². The molecular weight excluding hydrogens is 610 g/mol. The Kier molecular flexibility index (Phi) is 9.31. The first-order valence-electron chi connectivity index (χ1n) is 15.8. The molecule has 6 rings (SSSR count). The van der Waals surface area contributed by atoms with Gasteiger partial charge in [-0.1, -0.05) is 78.4 Å². The minimum atomic E-state index is -1.40. The number of aliphatic hydroxyl groups is 1. The molecule has 5 bridgehead atoms. The third-order valence-corrected chi connectivity index (χ3v) is 9.62. The number of ether oxygens (including phenoxy) is 2. The predicted octanol–water partition coefficient (Wildman–Crippen LogP) is 3.74. The van der Waals surface area contributed by atoms with E-state index in [2.05, 4.69) is 5.32 Å². The van der Waals surface area contributed by atoms with Crippen LogP contribution in [0, 0.1) is 11.8 Å². The Morgan fingerprint density at radius 1 is 1.00 bits per heavy atom. The van der Waals surface area contributed by atoms with Crippen LogP contribution in [-0.2, 0) is 28.7 Å². The number of allylic oxidation sites excluding steroid dienone is 1. The van der Waals surface area contributed by atoms with Crippen molar-refractivity contribution < 1.29 is 33.8 Å². The minimum Gasteiger partial charge on any atom is -0.455 e. The van der Waals surface area contributed by atoms with Gasteiger partial charge in [-0.2, -0.15) is 0 Å². The van der Waals surface area contributed by atoms with Gasteiger partial charge in [-0.3, -0.25) is 19.2 Å². The Hall–Kier alpha value is -3.99. The number of aliphatic hydroxyl groups excluding tert-OH is 1. The van der Waals surface area contributed by atoms with Crippen LogP contribution in [0.5, 0.6) is 0 Å². The molecule has 2 fully saturated rings. The molecule has 242 valence electrons. The molecule has 2 aromatic carbocycles. The lowest BCUT2D eigenvalue weighted by molar-refractivity contribution is -0.161. The maximum Gasteiger partial charge on any atom is 0.313 e. The molecule has 2 aromatic rings. The summed E-state index contributed by atoms with van der Waals surface area (Å²) in [7, 11) is 0.